The molecule has 26 heavy (non-hydrogen) atoms. The van der Waals surface area contributed by atoms with E-state index in [0.29, 0.717) is 5.88 Å². The van der Waals surface area contributed by atoms with Crippen LogP contribution in [-0.2, 0) is 4.79 Å². The minimum atomic E-state index is -0.0803. The molecule has 6 heteroatoms. The number of ether oxygens (including phenoxy) is 2. The van der Waals surface area contributed by atoms with E-state index < -0.39 is 0 Å². The lowest BCUT2D eigenvalue weighted by Crippen LogP contribution is -2.41. The van der Waals surface area contributed by atoms with Gasteiger partial charge in [-0.25, -0.2) is 4.98 Å². The van der Waals surface area contributed by atoms with Crippen LogP contribution in [0, 0.1) is 13.8 Å². The Kier molecular flexibility index (Phi) is 6.04. The second-order valence-corrected chi connectivity index (χ2v) is 6.76. The molecule has 1 amide bonds. The topological polar surface area (TPSA) is 73.3 Å². The van der Waals surface area contributed by atoms with Gasteiger partial charge in [-0.2, -0.15) is 0 Å². The Morgan fingerprint density at radius 2 is 2.00 bits per heavy atom. The van der Waals surface area contributed by atoms with Crippen LogP contribution in [0.4, 0.5) is 0 Å². The summed E-state index contributed by atoms with van der Waals surface area (Å²) in [4.78, 5) is 20.3. The Balaban J connectivity index is 1.39. The number of carbonyl (C=O) groups is 1. The van der Waals surface area contributed by atoms with E-state index in [1.807, 2.05) is 32.0 Å². The molecule has 0 radical (unpaired) electrons. The number of hydrogen-bond acceptors (Lipinski definition) is 5. The van der Waals surface area contributed by atoms with Gasteiger partial charge < -0.3 is 14.8 Å². The zero-order valence-corrected chi connectivity index (χ0v) is 15.3. The lowest BCUT2D eigenvalue weighted by atomic mass is 9.93. The summed E-state index contributed by atoms with van der Waals surface area (Å²) in [7, 11) is 0. The summed E-state index contributed by atoms with van der Waals surface area (Å²) in [5.74, 6) is 1.23. The van der Waals surface area contributed by atoms with Crippen molar-refractivity contribution in [3.8, 4) is 11.6 Å². The molecule has 2 aromatic rings. The number of nitrogens with zero attached hydrogens (tertiary/aromatic N) is 2. The summed E-state index contributed by atoms with van der Waals surface area (Å²) in [5.41, 5.74) is 2.22. The highest BCUT2D eigenvalue weighted by molar-refractivity contribution is 5.77. The number of aromatic nitrogens is 2. The Bertz CT molecular complexity index is 728. The maximum Gasteiger partial charge on any atom is 0.258 e. The largest absolute Gasteiger partial charge is 0.484 e. The Labute approximate surface area is 154 Å². The van der Waals surface area contributed by atoms with Gasteiger partial charge in [-0.1, -0.05) is 17.7 Å². The molecule has 138 valence electrons. The fourth-order valence-corrected chi connectivity index (χ4v) is 3.22. The van der Waals surface area contributed by atoms with Gasteiger partial charge in [0.15, 0.2) is 6.61 Å². The average molecular weight is 355 g/mol. The molecule has 0 atom stereocenters. The molecule has 1 aliphatic carbocycles. The van der Waals surface area contributed by atoms with Crippen LogP contribution in [-0.4, -0.2) is 34.6 Å². The van der Waals surface area contributed by atoms with E-state index in [4.69, 9.17) is 9.47 Å². The number of benzene rings is 1. The van der Waals surface area contributed by atoms with Crippen molar-refractivity contribution in [2.75, 3.05) is 6.61 Å². The molecule has 1 heterocycles. The van der Waals surface area contributed by atoms with Crippen LogP contribution in [0.2, 0.25) is 0 Å². The molecule has 0 bridgehead atoms. The number of carbonyl (C=O) groups excluding carboxylic acids is 1. The van der Waals surface area contributed by atoms with Crippen LogP contribution in [0.3, 0.4) is 0 Å². The second kappa shape index (κ2) is 8.65. The molecule has 1 fully saturated rings. The lowest BCUT2D eigenvalue weighted by Gasteiger charge is -2.29. The molecular weight excluding hydrogens is 330 g/mol. The van der Waals surface area contributed by atoms with Gasteiger partial charge in [-0.15, -0.1) is 0 Å². The van der Waals surface area contributed by atoms with Gasteiger partial charge in [-0.3, -0.25) is 9.78 Å². The number of hydrogen-bond donors (Lipinski definition) is 1. The van der Waals surface area contributed by atoms with Crippen molar-refractivity contribution in [1.82, 2.24) is 15.3 Å². The van der Waals surface area contributed by atoms with E-state index in [2.05, 4.69) is 15.3 Å². The van der Waals surface area contributed by atoms with Gasteiger partial charge in [0.2, 0.25) is 5.88 Å². The van der Waals surface area contributed by atoms with E-state index in [-0.39, 0.29) is 24.7 Å². The van der Waals surface area contributed by atoms with Crippen molar-refractivity contribution in [2.45, 2.75) is 51.7 Å². The van der Waals surface area contributed by atoms with Gasteiger partial charge in [0, 0.05) is 18.4 Å². The molecule has 0 saturated heterocycles. The standard InChI is InChI=1S/C20H25N3O3/c1-14-3-8-18(15(2)11-14)25-13-19(24)23-16-4-6-17(7-5-16)26-20-12-21-9-10-22-20/h3,8-12,16-17H,4-7,13H2,1-2H3,(H,23,24). The molecule has 0 spiro atoms. The molecule has 1 N–H and O–H groups in total. The van der Waals surface area contributed by atoms with Gasteiger partial charge in [-0.05, 0) is 51.2 Å². The van der Waals surface area contributed by atoms with Crippen molar-refractivity contribution in [1.29, 1.82) is 0 Å². The van der Waals surface area contributed by atoms with Crippen molar-refractivity contribution in [3.05, 3.63) is 47.9 Å². The molecule has 0 unspecified atom stereocenters. The van der Waals surface area contributed by atoms with Crippen LogP contribution < -0.4 is 14.8 Å². The normalized spacial score (nSPS) is 19.6. The monoisotopic (exact) mass is 355 g/mol. The zero-order valence-electron chi connectivity index (χ0n) is 15.3. The van der Waals surface area contributed by atoms with Gasteiger partial charge in [0.1, 0.15) is 11.9 Å². The van der Waals surface area contributed by atoms with Gasteiger partial charge in [0.05, 0.1) is 6.20 Å². The van der Waals surface area contributed by atoms with E-state index in [0.717, 1.165) is 37.0 Å². The smallest absolute Gasteiger partial charge is 0.258 e. The van der Waals surface area contributed by atoms with E-state index in [9.17, 15) is 4.79 Å². The predicted molar refractivity (Wildman–Crippen MR) is 98.3 cm³/mol. The molecule has 1 aromatic carbocycles. The lowest BCUT2D eigenvalue weighted by molar-refractivity contribution is -0.124. The number of amides is 1. The molecule has 1 aromatic heterocycles. The van der Waals surface area contributed by atoms with Gasteiger partial charge >= 0.3 is 0 Å². The molecule has 0 aliphatic heterocycles. The highest BCUT2D eigenvalue weighted by Crippen LogP contribution is 2.23. The summed E-state index contributed by atoms with van der Waals surface area (Å²) in [6.45, 7) is 4.06. The maximum atomic E-state index is 12.1. The van der Waals surface area contributed by atoms with E-state index >= 15 is 0 Å². The predicted octanol–water partition coefficient (Wildman–Crippen LogP) is 2.98. The third-order valence-electron chi connectivity index (χ3n) is 4.56. The maximum absolute atomic E-state index is 12.1. The summed E-state index contributed by atoms with van der Waals surface area (Å²) < 4.78 is 11.5. The average Bonchev–Trinajstić information content (AvgIpc) is 2.63. The fraction of sp³-hybridized carbons (Fsp3) is 0.450. The summed E-state index contributed by atoms with van der Waals surface area (Å²) in [6.07, 6.45) is 8.56. The summed E-state index contributed by atoms with van der Waals surface area (Å²) >= 11 is 0. The molecule has 3 rings (SSSR count). The second-order valence-electron chi connectivity index (χ2n) is 6.76. The molecule has 1 aliphatic rings. The van der Waals surface area contributed by atoms with Crippen LogP contribution in [0.15, 0.2) is 36.8 Å². The van der Waals surface area contributed by atoms with Crippen molar-refractivity contribution < 1.29 is 14.3 Å². The van der Waals surface area contributed by atoms with Crippen molar-refractivity contribution in [2.24, 2.45) is 0 Å². The molecular formula is C20H25N3O3. The van der Waals surface area contributed by atoms with Gasteiger partial charge in [0.25, 0.3) is 5.91 Å². The third kappa shape index (κ3) is 5.18. The van der Waals surface area contributed by atoms with Crippen molar-refractivity contribution in [3.63, 3.8) is 0 Å². The first-order chi connectivity index (χ1) is 12.6. The summed E-state index contributed by atoms with van der Waals surface area (Å²) in [5, 5.41) is 3.06. The van der Waals surface area contributed by atoms with Crippen LogP contribution in [0.25, 0.3) is 0 Å². The SMILES string of the molecule is Cc1ccc(OCC(=O)NC2CCC(Oc3cnccn3)CC2)c(C)c1. The highest BCUT2D eigenvalue weighted by Gasteiger charge is 2.24. The van der Waals surface area contributed by atoms with Crippen LogP contribution >= 0.6 is 0 Å². The Morgan fingerprint density at radius 1 is 1.19 bits per heavy atom. The highest BCUT2D eigenvalue weighted by atomic mass is 16.5. The minimum absolute atomic E-state index is 0.0416. The Morgan fingerprint density at radius 3 is 2.69 bits per heavy atom. The van der Waals surface area contributed by atoms with Crippen LogP contribution in [0.1, 0.15) is 36.8 Å². The number of nitrogens with one attached hydrogen (secondary N) is 1. The Hall–Kier alpha value is -2.63. The first-order valence-corrected chi connectivity index (χ1v) is 9.02. The minimum Gasteiger partial charge on any atom is -0.484 e. The first kappa shape index (κ1) is 18.2. The van der Waals surface area contributed by atoms with Crippen LogP contribution in [0.5, 0.6) is 11.6 Å². The third-order valence-corrected chi connectivity index (χ3v) is 4.56. The first-order valence-electron chi connectivity index (χ1n) is 9.02. The van der Waals surface area contributed by atoms with E-state index in [1.54, 1.807) is 18.6 Å². The molecule has 6 nitrogen and oxygen atoms in total. The zero-order chi connectivity index (χ0) is 18.4. The molecule has 1 saturated carbocycles. The summed E-state index contributed by atoms with van der Waals surface area (Å²) in [6, 6.07) is 6.11. The quantitative estimate of drug-likeness (QED) is 0.862. The fourth-order valence-electron chi connectivity index (χ4n) is 3.22. The number of aryl methyl sites for hydroxylation is 2. The number of rotatable bonds is 6. The van der Waals surface area contributed by atoms with E-state index in [1.165, 1.54) is 5.56 Å². The van der Waals surface area contributed by atoms with Crippen molar-refractivity contribution >= 4 is 5.91 Å².